The van der Waals surface area contributed by atoms with E-state index in [2.05, 4.69) is 46.6 Å². The molecule has 0 radical (unpaired) electrons. The minimum atomic E-state index is 0.629. The molecule has 0 aromatic carbocycles. The lowest BCUT2D eigenvalue weighted by molar-refractivity contribution is 0.477. The molecule has 0 saturated carbocycles. The molecule has 2 aromatic heterocycles. The Labute approximate surface area is 118 Å². The molecule has 3 heteroatoms. The second-order valence-corrected chi connectivity index (χ2v) is 6.37. The van der Waals surface area contributed by atoms with Crippen molar-refractivity contribution in [3.63, 3.8) is 0 Å². The Morgan fingerprint density at radius 1 is 1.28 bits per heavy atom. The third kappa shape index (κ3) is 4.56. The van der Waals surface area contributed by atoms with Crippen molar-refractivity contribution in [1.82, 2.24) is 5.32 Å². The minimum absolute atomic E-state index is 0.629. The van der Waals surface area contributed by atoms with E-state index in [1.807, 2.05) is 11.3 Å². The second kappa shape index (κ2) is 7.72. The maximum absolute atomic E-state index is 3.61. The fraction of sp³-hybridized carbons (Fsp3) is 0.467. The summed E-state index contributed by atoms with van der Waals surface area (Å²) in [5.74, 6) is 0. The Morgan fingerprint density at radius 2 is 2.22 bits per heavy atom. The summed E-state index contributed by atoms with van der Waals surface area (Å²) in [4.78, 5) is 1.51. The number of hydrogen-bond acceptors (Lipinski definition) is 3. The van der Waals surface area contributed by atoms with Crippen molar-refractivity contribution < 1.29 is 0 Å². The molecule has 2 aromatic rings. The SMILES string of the molecule is CCNC(CCCc1cccs1)Cc1ccsc1. The van der Waals surface area contributed by atoms with Crippen LogP contribution in [0.5, 0.6) is 0 Å². The molecule has 0 amide bonds. The number of nitrogens with one attached hydrogen (secondary N) is 1. The first-order chi connectivity index (χ1) is 8.88. The zero-order valence-electron chi connectivity index (χ0n) is 10.9. The number of rotatable bonds is 8. The van der Waals surface area contributed by atoms with E-state index >= 15 is 0 Å². The van der Waals surface area contributed by atoms with Gasteiger partial charge in [0.05, 0.1) is 0 Å². The smallest absolute Gasteiger partial charge is 0.0108 e. The highest BCUT2D eigenvalue weighted by Crippen LogP contribution is 2.15. The molecule has 0 aliphatic rings. The highest BCUT2D eigenvalue weighted by atomic mass is 32.1. The van der Waals surface area contributed by atoms with Crippen LogP contribution >= 0.6 is 22.7 Å². The first-order valence-corrected chi connectivity index (χ1v) is 8.47. The first kappa shape index (κ1) is 13.8. The Morgan fingerprint density at radius 3 is 2.89 bits per heavy atom. The molecular weight excluding hydrogens is 258 g/mol. The third-order valence-electron chi connectivity index (χ3n) is 3.11. The highest BCUT2D eigenvalue weighted by molar-refractivity contribution is 7.09. The summed E-state index contributed by atoms with van der Waals surface area (Å²) in [6, 6.07) is 7.26. The van der Waals surface area contributed by atoms with E-state index in [4.69, 9.17) is 0 Å². The summed E-state index contributed by atoms with van der Waals surface area (Å²) in [6.45, 7) is 3.26. The van der Waals surface area contributed by atoms with Crippen LogP contribution in [0.1, 0.15) is 30.2 Å². The second-order valence-electron chi connectivity index (χ2n) is 4.56. The van der Waals surface area contributed by atoms with Crippen LogP contribution < -0.4 is 5.32 Å². The van der Waals surface area contributed by atoms with Gasteiger partial charge < -0.3 is 5.32 Å². The number of likely N-dealkylation sites (N-methyl/N-ethyl adjacent to an activating group) is 1. The lowest BCUT2D eigenvalue weighted by Gasteiger charge is -2.17. The van der Waals surface area contributed by atoms with Crippen LogP contribution in [0.4, 0.5) is 0 Å². The van der Waals surface area contributed by atoms with Gasteiger partial charge in [0.15, 0.2) is 0 Å². The average Bonchev–Trinajstić information content (AvgIpc) is 3.02. The Bertz CT molecular complexity index is 406. The van der Waals surface area contributed by atoms with Crippen molar-refractivity contribution in [2.75, 3.05) is 6.54 Å². The fourth-order valence-electron chi connectivity index (χ4n) is 2.24. The van der Waals surface area contributed by atoms with Gasteiger partial charge in [-0.1, -0.05) is 13.0 Å². The maximum atomic E-state index is 3.61. The van der Waals surface area contributed by atoms with E-state index in [1.54, 1.807) is 11.3 Å². The molecule has 0 saturated heterocycles. The van der Waals surface area contributed by atoms with Gasteiger partial charge in [0.25, 0.3) is 0 Å². The predicted octanol–water partition coefficient (Wildman–Crippen LogP) is 4.35. The quantitative estimate of drug-likeness (QED) is 0.757. The average molecular weight is 279 g/mol. The van der Waals surface area contributed by atoms with Crippen LogP contribution in [0.25, 0.3) is 0 Å². The standard InChI is InChI=1S/C15H21NS2/c1-2-16-14(11-13-8-10-17-12-13)5-3-6-15-7-4-9-18-15/h4,7-10,12,14,16H,2-3,5-6,11H2,1H3. The van der Waals surface area contributed by atoms with Crippen LogP contribution in [0.2, 0.25) is 0 Å². The molecule has 2 rings (SSSR count). The molecule has 1 unspecified atom stereocenters. The van der Waals surface area contributed by atoms with Gasteiger partial charge in [0.2, 0.25) is 0 Å². The van der Waals surface area contributed by atoms with E-state index in [-0.39, 0.29) is 0 Å². The molecule has 2 heterocycles. The summed E-state index contributed by atoms with van der Waals surface area (Å²) >= 11 is 3.67. The topological polar surface area (TPSA) is 12.0 Å². The van der Waals surface area contributed by atoms with Crippen molar-refractivity contribution in [1.29, 1.82) is 0 Å². The van der Waals surface area contributed by atoms with Crippen LogP contribution in [-0.4, -0.2) is 12.6 Å². The van der Waals surface area contributed by atoms with Gasteiger partial charge in [-0.05, 0) is 66.1 Å². The number of aryl methyl sites for hydroxylation is 1. The monoisotopic (exact) mass is 279 g/mol. The van der Waals surface area contributed by atoms with Crippen molar-refractivity contribution in [3.8, 4) is 0 Å². The normalized spacial score (nSPS) is 12.7. The zero-order chi connectivity index (χ0) is 12.6. The zero-order valence-corrected chi connectivity index (χ0v) is 12.5. The van der Waals surface area contributed by atoms with Crippen LogP contribution in [0.3, 0.4) is 0 Å². The molecule has 0 aliphatic heterocycles. The van der Waals surface area contributed by atoms with E-state index < -0.39 is 0 Å². The van der Waals surface area contributed by atoms with Gasteiger partial charge >= 0.3 is 0 Å². The summed E-state index contributed by atoms with van der Waals surface area (Å²) in [7, 11) is 0. The van der Waals surface area contributed by atoms with Crippen molar-refractivity contribution in [2.45, 2.75) is 38.6 Å². The number of hydrogen-bond donors (Lipinski definition) is 1. The van der Waals surface area contributed by atoms with Crippen molar-refractivity contribution >= 4 is 22.7 Å². The lowest BCUT2D eigenvalue weighted by Crippen LogP contribution is -2.30. The molecule has 18 heavy (non-hydrogen) atoms. The van der Waals surface area contributed by atoms with Crippen LogP contribution in [0, 0.1) is 0 Å². The van der Waals surface area contributed by atoms with E-state index in [0.29, 0.717) is 6.04 Å². The molecule has 0 bridgehead atoms. The van der Waals surface area contributed by atoms with Gasteiger partial charge in [0.1, 0.15) is 0 Å². The van der Waals surface area contributed by atoms with Crippen LogP contribution in [0.15, 0.2) is 34.3 Å². The largest absolute Gasteiger partial charge is 0.314 e. The third-order valence-corrected chi connectivity index (χ3v) is 4.78. The first-order valence-electron chi connectivity index (χ1n) is 6.65. The number of thiophene rings is 2. The van der Waals surface area contributed by atoms with Gasteiger partial charge in [-0.25, -0.2) is 0 Å². The maximum Gasteiger partial charge on any atom is 0.0108 e. The molecule has 0 fully saturated rings. The Balaban J connectivity index is 1.75. The summed E-state index contributed by atoms with van der Waals surface area (Å²) in [6.07, 6.45) is 4.94. The molecule has 1 N–H and O–H groups in total. The summed E-state index contributed by atoms with van der Waals surface area (Å²) in [5, 5.41) is 10.2. The van der Waals surface area contributed by atoms with E-state index in [9.17, 15) is 0 Å². The van der Waals surface area contributed by atoms with Crippen LogP contribution in [-0.2, 0) is 12.8 Å². The Hall–Kier alpha value is -0.640. The van der Waals surface area contributed by atoms with Crippen molar-refractivity contribution in [2.24, 2.45) is 0 Å². The molecule has 1 nitrogen and oxygen atoms in total. The van der Waals surface area contributed by atoms with Gasteiger partial charge in [-0.2, -0.15) is 11.3 Å². The molecule has 1 atom stereocenters. The predicted molar refractivity (Wildman–Crippen MR) is 82.7 cm³/mol. The van der Waals surface area contributed by atoms with Gasteiger partial charge in [-0.3, -0.25) is 0 Å². The molecular formula is C15H21NS2. The minimum Gasteiger partial charge on any atom is -0.314 e. The van der Waals surface area contributed by atoms with Gasteiger partial charge in [0, 0.05) is 10.9 Å². The lowest BCUT2D eigenvalue weighted by atomic mass is 10.0. The van der Waals surface area contributed by atoms with Crippen molar-refractivity contribution in [3.05, 3.63) is 44.8 Å². The summed E-state index contributed by atoms with van der Waals surface area (Å²) < 4.78 is 0. The van der Waals surface area contributed by atoms with Gasteiger partial charge in [-0.15, -0.1) is 11.3 Å². The van der Waals surface area contributed by atoms with E-state index in [1.165, 1.54) is 36.1 Å². The molecule has 98 valence electrons. The molecule has 0 aliphatic carbocycles. The fourth-order valence-corrected chi connectivity index (χ4v) is 3.67. The summed E-state index contributed by atoms with van der Waals surface area (Å²) in [5.41, 5.74) is 1.47. The van der Waals surface area contributed by atoms with E-state index in [0.717, 1.165) is 6.54 Å². The highest BCUT2D eigenvalue weighted by Gasteiger charge is 2.08. The molecule has 0 spiro atoms. The Kier molecular flexibility index (Phi) is 5.91.